The van der Waals surface area contributed by atoms with E-state index < -0.39 is 5.97 Å². The first kappa shape index (κ1) is 29.7. The number of hydrogen-bond acceptors (Lipinski definition) is 3. The highest BCUT2D eigenvalue weighted by Crippen LogP contribution is 2.19. The first-order chi connectivity index (χ1) is 15.3. The third kappa shape index (κ3) is 18.0. The number of aromatic nitrogens is 1. The second kappa shape index (κ2) is 23.3. The number of carbonyl (C=O) groups excluding carboxylic acids is 1. The van der Waals surface area contributed by atoms with E-state index in [1.807, 2.05) is 0 Å². The van der Waals surface area contributed by atoms with Crippen LogP contribution in [0, 0.1) is 0 Å². The summed E-state index contributed by atoms with van der Waals surface area (Å²) in [5.74, 6) is 0.143. The third-order valence-electron chi connectivity index (χ3n) is 5.49. The zero-order chi connectivity index (χ0) is 23.0. The average molecular weight is 452 g/mol. The minimum atomic E-state index is -0.425. The summed E-state index contributed by atoms with van der Waals surface area (Å²) in [4.78, 5) is 15.8. The summed E-state index contributed by atoms with van der Waals surface area (Å²) in [6, 6.07) is 3.60. The highest BCUT2D eigenvalue weighted by atomic mass is 35.5. The molecule has 0 aromatic carbocycles. The molecule has 0 spiro atoms. The summed E-state index contributed by atoms with van der Waals surface area (Å²) < 4.78 is 5.25. The molecule has 1 aromatic heterocycles. The molecule has 0 fully saturated rings. The second-order valence-corrected chi connectivity index (χ2v) is 8.13. The Balaban J connectivity index is 0.00000436. The molecule has 31 heavy (non-hydrogen) atoms. The molecule has 1 heterocycles. The highest BCUT2D eigenvalue weighted by Gasteiger charge is 2.07. The van der Waals surface area contributed by atoms with Crippen LogP contribution in [0.25, 0.3) is 0 Å². The molecule has 0 N–H and O–H groups in total. The zero-order valence-electron chi connectivity index (χ0n) is 20.2. The fourth-order valence-electron chi connectivity index (χ4n) is 3.69. The lowest BCUT2D eigenvalue weighted by molar-refractivity contribution is -0.129. The van der Waals surface area contributed by atoms with Crippen molar-refractivity contribution in [2.75, 3.05) is 6.38 Å². The van der Waals surface area contributed by atoms with Gasteiger partial charge in [-0.05, 0) is 25.0 Å². The molecule has 0 saturated carbocycles. The van der Waals surface area contributed by atoms with Gasteiger partial charge in [0.15, 0.2) is 5.75 Å². The quantitative estimate of drug-likeness (QED) is 0.0911. The van der Waals surface area contributed by atoms with Crippen molar-refractivity contribution < 1.29 is 9.53 Å². The van der Waals surface area contributed by atoms with Crippen LogP contribution in [0.2, 0.25) is 0 Å². The van der Waals surface area contributed by atoms with Gasteiger partial charge < -0.3 is 4.74 Å². The van der Waals surface area contributed by atoms with Gasteiger partial charge in [-0.25, -0.2) is 4.79 Å². The molecule has 0 amide bonds. The summed E-state index contributed by atoms with van der Waals surface area (Å²) in [5, 5.41) is 0. The number of hydrogen-bond donors (Lipinski definition) is 0. The van der Waals surface area contributed by atoms with Gasteiger partial charge in [-0.3, -0.25) is 4.98 Å². The number of nitrogens with zero attached hydrogens (tertiary/aromatic N) is 1. The van der Waals surface area contributed by atoms with E-state index in [2.05, 4.69) is 30.1 Å². The molecule has 3 nitrogen and oxygen atoms in total. The topological polar surface area (TPSA) is 39.2 Å². The van der Waals surface area contributed by atoms with Crippen molar-refractivity contribution >= 4 is 17.6 Å². The molecule has 0 bridgehead atoms. The van der Waals surface area contributed by atoms with Gasteiger partial charge in [0.25, 0.3) is 0 Å². The summed E-state index contributed by atoms with van der Waals surface area (Å²) in [6.45, 7) is 5.72. The summed E-state index contributed by atoms with van der Waals surface area (Å²) in [6.07, 6.45) is 27.1. The number of carbonyl (C=O) groups is 1. The number of rotatable bonds is 19. The maximum Gasteiger partial charge on any atom is 0.335 e. The minimum absolute atomic E-state index is 0.425. The molecule has 178 valence electrons. The minimum Gasteiger partial charge on any atom is -0.421 e. The Kier molecular flexibility index (Phi) is 22.3. The zero-order valence-corrected chi connectivity index (χ0v) is 20.9. The first-order valence-electron chi connectivity index (χ1n) is 12.4. The Morgan fingerprint density at radius 1 is 0.871 bits per heavy atom. The Bertz CT molecular complexity index is 548. The summed E-state index contributed by atoms with van der Waals surface area (Å²) in [5.41, 5.74) is 0.869. The largest absolute Gasteiger partial charge is 0.421 e. The molecular weight excluding hydrogens is 406 g/mol. The van der Waals surface area contributed by atoms with E-state index in [9.17, 15) is 4.79 Å². The fraction of sp³-hybridized carbons (Fsp3) is 0.704. The van der Waals surface area contributed by atoms with E-state index >= 15 is 0 Å². The Hall–Kier alpha value is -1.35. The van der Waals surface area contributed by atoms with Crippen molar-refractivity contribution in [2.45, 2.75) is 116 Å². The number of aryl methyl sites for hydroxylation is 1. The van der Waals surface area contributed by atoms with Crippen molar-refractivity contribution in [1.29, 1.82) is 0 Å². The molecule has 0 aliphatic heterocycles. The smallest absolute Gasteiger partial charge is 0.335 e. The van der Waals surface area contributed by atoms with Gasteiger partial charge in [-0.2, -0.15) is 0 Å². The Labute approximate surface area is 197 Å². The lowest BCUT2D eigenvalue weighted by atomic mass is 10.0. The van der Waals surface area contributed by atoms with E-state index in [4.69, 9.17) is 4.74 Å². The molecule has 0 saturated heterocycles. The second-order valence-electron chi connectivity index (χ2n) is 8.13. The molecule has 4 heteroatoms. The van der Waals surface area contributed by atoms with Gasteiger partial charge in [-0.15, -0.1) is 11.6 Å². The standard InChI is InChI=1S/C26H43NO2.CH3Cl/c1-3-5-6-7-8-9-10-11-12-13-14-15-16-17-18-19-21-24-25(22-20-23-27-24)29-26(28)4-2;1-2/h4,20,22-23H,2-3,5-19,21H2,1H3;1H3. The van der Waals surface area contributed by atoms with Crippen LogP contribution < -0.4 is 4.74 Å². The van der Waals surface area contributed by atoms with Gasteiger partial charge in [0.1, 0.15) is 0 Å². The van der Waals surface area contributed by atoms with Crippen molar-refractivity contribution in [1.82, 2.24) is 4.98 Å². The van der Waals surface area contributed by atoms with E-state index in [1.165, 1.54) is 109 Å². The van der Waals surface area contributed by atoms with Crippen LogP contribution in [0.3, 0.4) is 0 Å². The molecule has 0 radical (unpaired) electrons. The number of pyridine rings is 1. The summed E-state index contributed by atoms with van der Waals surface area (Å²) >= 11 is 4.64. The Morgan fingerprint density at radius 2 is 1.32 bits per heavy atom. The Morgan fingerprint density at radius 3 is 1.77 bits per heavy atom. The van der Waals surface area contributed by atoms with Crippen LogP contribution >= 0.6 is 11.6 Å². The predicted octanol–water partition coefficient (Wildman–Crippen LogP) is 8.83. The number of ether oxygens (including phenoxy) is 1. The van der Waals surface area contributed by atoms with Crippen LogP contribution in [-0.4, -0.2) is 17.3 Å². The van der Waals surface area contributed by atoms with E-state index in [0.717, 1.165) is 18.5 Å². The first-order valence-corrected chi connectivity index (χ1v) is 13.2. The van der Waals surface area contributed by atoms with Gasteiger partial charge in [0.05, 0.1) is 5.69 Å². The van der Waals surface area contributed by atoms with Crippen LogP contribution in [0.15, 0.2) is 31.0 Å². The van der Waals surface area contributed by atoms with Crippen molar-refractivity contribution in [2.24, 2.45) is 0 Å². The number of unbranched alkanes of at least 4 members (excludes halogenated alkanes) is 15. The predicted molar refractivity (Wildman–Crippen MR) is 135 cm³/mol. The van der Waals surface area contributed by atoms with Crippen LogP contribution in [0.4, 0.5) is 0 Å². The van der Waals surface area contributed by atoms with Crippen LogP contribution in [-0.2, 0) is 11.2 Å². The van der Waals surface area contributed by atoms with Crippen LogP contribution in [0.1, 0.15) is 115 Å². The molecule has 0 aliphatic rings. The third-order valence-corrected chi connectivity index (χ3v) is 5.49. The van der Waals surface area contributed by atoms with Crippen molar-refractivity contribution in [3.05, 3.63) is 36.7 Å². The summed E-state index contributed by atoms with van der Waals surface area (Å²) in [7, 11) is 0. The monoisotopic (exact) mass is 451 g/mol. The van der Waals surface area contributed by atoms with Gasteiger partial charge in [-0.1, -0.05) is 110 Å². The van der Waals surface area contributed by atoms with Gasteiger partial charge in [0, 0.05) is 18.7 Å². The van der Waals surface area contributed by atoms with Crippen molar-refractivity contribution in [3.8, 4) is 5.75 Å². The van der Waals surface area contributed by atoms with Gasteiger partial charge >= 0.3 is 5.97 Å². The molecular formula is C27H46ClNO2. The lowest BCUT2D eigenvalue weighted by Gasteiger charge is -2.07. The highest BCUT2D eigenvalue weighted by molar-refractivity contribution is 6.15. The molecule has 1 aromatic rings. The SMILES string of the molecule is C=CC(=O)Oc1cccnc1CCCCCCCCCCCCCCCCCC.CCl. The number of alkyl halides is 1. The van der Waals surface area contributed by atoms with E-state index in [-0.39, 0.29) is 0 Å². The maximum absolute atomic E-state index is 11.4. The molecule has 0 unspecified atom stereocenters. The average Bonchev–Trinajstić information content (AvgIpc) is 2.81. The molecule has 0 aliphatic carbocycles. The fourth-order valence-corrected chi connectivity index (χ4v) is 3.69. The number of halogens is 1. The normalized spacial score (nSPS) is 10.3. The van der Waals surface area contributed by atoms with Crippen molar-refractivity contribution in [3.63, 3.8) is 0 Å². The van der Waals surface area contributed by atoms with E-state index in [0.29, 0.717) is 5.75 Å². The molecule has 1 rings (SSSR count). The number of esters is 1. The van der Waals surface area contributed by atoms with Gasteiger partial charge in [0.2, 0.25) is 0 Å². The lowest BCUT2D eigenvalue weighted by Crippen LogP contribution is -2.06. The molecule has 0 atom stereocenters. The maximum atomic E-state index is 11.4. The van der Waals surface area contributed by atoms with E-state index in [1.54, 1.807) is 18.3 Å². The van der Waals surface area contributed by atoms with Crippen LogP contribution in [0.5, 0.6) is 5.75 Å².